The Kier molecular flexibility index (Phi) is 10.7. The largest absolute Gasteiger partial charge is 0.312 e. The number of rotatable bonds is 6. The normalized spacial score (nSPS) is 15.5. The van der Waals surface area contributed by atoms with Gasteiger partial charge in [-0.05, 0) is 102 Å². The molecule has 5 aromatic carbocycles. The van der Waals surface area contributed by atoms with Crippen molar-refractivity contribution in [2.45, 2.75) is 130 Å². The summed E-state index contributed by atoms with van der Waals surface area (Å²) >= 11 is 0. The van der Waals surface area contributed by atoms with Crippen LogP contribution >= 0.6 is 0 Å². The third kappa shape index (κ3) is 8.44. The van der Waals surface area contributed by atoms with Gasteiger partial charge in [-0.3, -0.25) is 9.59 Å². The van der Waals surface area contributed by atoms with Crippen molar-refractivity contribution in [3.8, 4) is 44.5 Å². The SMILES string of the molecule is CC(C)(C)c1cc(-c2ccc(-c3cc(N4CCCC4=O)c(-c4ccc(-c5cc(C(C)(C)C)cc(C(C)(C)C)c5)cc4)cc3N3CCCC3=O)cc2)cc(C(C)(C)C)c1. The van der Waals surface area contributed by atoms with Crippen molar-refractivity contribution in [1.82, 2.24) is 0 Å². The summed E-state index contributed by atoms with van der Waals surface area (Å²) in [5.41, 5.74) is 15.9. The van der Waals surface area contributed by atoms with Gasteiger partial charge >= 0.3 is 0 Å². The number of nitrogens with zero attached hydrogens (tertiary/aromatic N) is 2. The quantitative estimate of drug-likeness (QED) is 0.172. The fourth-order valence-electron chi connectivity index (χ4n) is 8.30. The first kappa shape index (κ1) is 41.2. The highest BCUT2D eigenvalue weighted by Crippen LogP contribution is 2.45. The number of amides is 2. The van der Waals surface area contributed by atoms with Crippen molar-refractivity contribution in [3.05, 3.63) is 119 Å². The third-order valence-electron chi connectivity index (χ3n) is 12.2. The molecule has 0 saturated carbocycles. The zero-order valence-electron chi connectivity index (χ0n) is 37.2. The molecular formula is C54H64N2O2. The molecule has 2 saturated heterocycles. The maximum atomic E-state index is 13.5. The Balaban J connectivity index is 1.35. The Bertz CT molecular complexity index is 2120. The molecule has 4 heteroatoms. The Morgan fingerprint density at radius 2 is 0.638 bits per heavy atom. The Hall–Kier alpha value is -4.96. The van der Waals surface area contributed by atoms with E-state index in [0.717, 1.165) is 57.6 Å². The molecule has 0 aromatic heterocycles. The van der Waals surface area contributed by atoms with Crippen LogP contribution in [0.3, 0.4) is 0 Å². The van der Waals surface area contributed by atoms with Crippen LogP contribution in [0.5, 0.6) is 0 Å². The van der Waals surface area contributed by atoms with Gasteiger partial charge in [-0.15, -0.1) is 0 Å². The highest BCUT2D eigenvalue weighted by molar-refractivity contribution is 6.06. The van der Waals surface area contributed by atoms with Crippen LogP contribution in [0.15, 0.2) is 97.1 Å². The van der Waals surface area contributed by atoms with Gasteiger partial charge in [0.1, 0.15) is 0 Å². The van der Waals surface area contributed by atoms with Gasteiger partial charge in [-0.25, -0.2) is 0 Å². The highest BCUT2D eigenvalue weighted by Gasteiger charge is 2.30. The Labute approximate surface area is 348 Å². The first-order valence-corrected chi connectivity index (χ1v) is 21.4. The van der Waals surface area contributed by atoms with Gasteiger partial charge < -0.3 is 9.80 Å². The van der Waals surface area contributed by atoms with E-state index in [0.29, 0.717) is 25.9 Å². The molecule has 0 aliphatic carbocycles. The van der Waals surface area contributed by atoms with Crippen LogP contribution in [-0.4, -0.2) is 24.9 Å². The van der Waals surface area contributed by atoms with E-state index in [1.807, 2.05) is 9.80 Å². The number of hydrogen-bond donors (Lipinski definition) is 0. The van der Waals surface area contributed by atoms with Crippen molar-refractivity contribution in [2.75, 3.05) is 22.9 Å². The molecule has 2 aliphatic rings. The summed E-state index contributed by atoms with van der Waals surface area (Å²) < 4.78 is 0. The molecule has 2 amide bonds. The minimum Gasteiger partial charge on any atom is -0.312 e. The van der Waals surface area contributed by atoms with Gasteiger partial charge in [-0.2, -0.15) is 0 Å². The lowest BCUT2D eigenvalue weighted by molar-refractivity contribution is -0.117. The average molecular weight is 773 g/mol. The van der Waals surface area contributed by atoms with E-state index in [1.165, 1.54) is 33.4 Å². The average Bonchev–Trinajstić information content (AvgIpc) is 3.80. The zero-order valence-corrected chi connectivity index (χ0v) is 37.2. The van der Waals surface area contributed by atoms with Crippen LogP contribution in [0.25, 0.3) is 44.5 Å². The minimum atomic E-state index is 0.0196. The van der Waals surface area contributed by atoms with E-state index >= 15 is 0 Å². The number of hydrogen-bond acceptors (Lipinski definition) is 2. The number of carbonyl (C=O) groups excluding carboxylic acids is 2. The van der Waals surface area contributed by atoms with Crippen LogP contribution in [0.4, 0.5) is 11.4 Å². The van der Waals surface area contributed by atoms with Gasteiger partial charge in [0.05, 0.1) is 11.4 Å². The molecule has 2 aliphatic heterocycles. The molecule has 0 N–H and O–H groups in total. The number of benzene rings is 5. The van der Waals surface area contributed by atoms with Gasteiger partial charge in [0, 0.05) is 37.1 Å². The summed E-state index contributed by atoms with van der Waals surface area (Å²) in [5, 5.41) is 0. The summed E-state index contributed by atoms with van der Waals surface area (Å²) in [5.74, 6) is 0.289. The van der Waals surface area contributed by atoms with E-state index in [2.05, 4.69) is 180 Å². The van der Waals surface area contributed by atoms with Crippen molar-refractivity contribution in [1.29, 1.82) is 0 Å². The maximum absolute atomic E-state index is 13.5. The fraction of sp³-hybridized carbons (Fsp3) is 0.407. The second-order valence-corrected chi connectivity index (χ2v) is 20.9. The third-order valence-corrected chi connectivity index (χ3v) is 12.2. The molecular weight excluding hydrogens is 709 g/mol. The molecule has 58 heavy (non-hydrogen) atoms. The molecule has 4 nitrogen and oxygen atoms in total. The van der Waals surface area contributed by atoms with E-state index in [4.69, 9.17) is 0 Å². The lowest BCUT2D eigenvalue weighted by Crippen LogP contribution is -2.27. The van der Waals surface area contributed by atoms with E-state index in [9.17, 15) is 9.59 Å². The maximum Gasteiger partial charge on any atom is 0.227 e. The second-order valence-electron chi connectivity index (χ2n) is 20.9. The molecule has 0 atom stereocenters. The lowest BCUT2D eigenvalue weighted by Gasteiger charge is -2.27. The van der Waals surface area contributed by atoms with Crippen molar-refractivity contribution in [2.24, 2.45) is 0 Å². The van der Waals surface area contributed by atoms with E-state index in [1.54, 1.807) is 0 Å². The van der Waals surface area contributed by atoms with Crippen LogP contribution in [0, 0.1) is 0 Å². The Morgan fingerprint density at radius 1 is 0.362 bits per heavy atom. The molecule has 0 unspecified atom stereocenters. The number of anilines is 2. The molecule has 7 rings (SSSR count). The topological polar surface area (TPSA) is 40.6 Å². The molecule has 302 valence electrons. The van der Waals surface area contributed by atoms with Crippen LogP contribution in [0.1, 0.15) is 131 Å². The van der Waals surface area contributed by atoms with E-state index < -0.39 is 0 Å². The molecule has 0 bridgehead atoms. The van der Waals surface area contributed by atoms with Gasteiger partial charge in [0.2, 0.25) is 11.8 Å². The van der Waals surface area contributed by atoms with Gasteiger partial charge in [0.25, 0.3) is 0 Å². The smallest absolute Gasteiger partial charge is 0.227 e. The van der Waals surface area contributed by atoms with Crippen molar-refractivity contribution >= 4 is 23.2 Å². The summed E-state index contributed by atoms with van der Waals surface area (Å²) in [7, 11) is 0. The minimum absolute atomic E-state index is 0.0196. The second kappa shape index (κ2) is 15.0. The first-order chi connectivity index (χ1) is 27.1. The molecule has 2 fully saturated rings. The van der Waals surface area contributed by atoms with Gasteiger partial charge in [0.15, 0.2) is 0 Å². The fourth-order valence-corrected chi connectivity index (χ4v) is 8.30. The predicted molar refractivity (Wildman–Crippen MR) is 246 cm³/mol. The molecule has 0 radical (unpaired) electrons. The van der Waals surface area contributed by atoms with Crippen molar-refractivity contribution < 1.29 is 9.59 Å². The highest BCUT2D eigenvalue weighted by atomic mass is 16.2. The molecule has 2 heterocycles. The summed E-state index contributed by atoms with van der Waals surface area (Å²) in [6.07, 6.45) is 2.74. The standard InChI is InChI=1S/C54H64N2O2/c1-51(2,3)41-27-39(28-42(31-41)52(4,5)6)35-17-21-37(22-18-35)45-33-48(56-26-14-16-50(56)58)46(34-47(45)55-25-13-15-49(55)57)38-23-19-36(20-24-38)40-29-43(53(7,8)9)32-44(30-40)54(10,11)12/h17-24,27-34H,13-16,25-26H2,1-12H3. The number of carbonyl (C=O) groups is 2. The summed E-state index contributed by atoms with van der Waals surface area (Å²) in [6, 6.07) is 36.0. The molecule has 0 spiro atoms. The lowest BCUT2D eigenvalue weighted by atomic mass is 9.79. The zero-order chi connectivity index (χ0) is 41.9. The summed E-state index contributed by atoms with van der Waals surface area (Å²) in [4.78, 5) is 31.0. The van der Waals surface area contributed by atoms with Crippen molar-refractivity contribution in [3.63, 3.8) is 0 Å². The monoisotopic (exact) mass is 772 g/mol. The van der Waals surface area contributed by atoms with Gasteiger partial charge in [-0.1, -0.05) is 168 Å². The van der Waals surface area contributed by atoms with E-state index in [-0.39, 0.29) is 33.5 Å². The molecule has 5 aromatic rings. The Morgan fingerprint density at radius 3 is 0.879 bits per heavy atom. The van der Waals surface area contributed by atoms with Crippen LogP contribution in [-0.2, 0) is 31.2 Å². The van der Waals surface area contributed by atoms with Crippen LogP contribution < -0.4 is 9.80 Å². The first-order valence-electron chi connectivity index (χ1n) is 21.4. The van der Waals surface area contributed by atoms with Crippen LogP contribution in [0.2, 0.25) is 0 Å². The predicted octanol–water partition coefficient (Wildman–Crippen LogP) is 13.8. The summed E-state index contributed by atoms with van der Waals surface area (Å²) in [6.45, 7) is 28.7.